The van der Waals surface area contributed by atoms with E-state index in [-0.39, 0.29) is 32.8 Å². The lowest BCUT2D eigenvalue weighted by atomic mass is 9.80. The van der Waals surface area contributed by atoms with Crippen LogP contribution in [0.1, 0.15) is 191 Å². The second kappa shape index (κ2) is 42.4. The Hall–Kier alpha value is -1.98. The molecular formula is C46H93NO3S. The first kappa shape index (κ1) is 64.0. The second-order valence-corrected chi connectivity index (χ2v) is 12.2. The molecule has 0 saturated carbocycles. The molecule has 0 spiro atoms. The first-order chi connectivity index (χ1) is 23.5. The Labute approximate surface area is 327 Å². The lowest BCUT2D eigenvalue weighted by Gasteiger charge is -2.35. The number of rotatable bonds is 0. The van der Waals surface area contributed by atoms with E-state index in [4.69, 9.17) is 9.47 Å². The van der Waals surface area contributed by atoms with Crippen molar-refractivity contribution in [2.24, 2.45) is 22.7 Å². The highest BCUT2D eigenvalue weighted by molar-refractivity contribution is 7.12. The maximum Gasteiger partial charge on any atom is 0.309 e. The van der Waals surface area contributed by atoms with Gasteiger partial charge in [-0.05, 0) is 95.4 Å². The van der Waals surface area contributed by atoms with Crippen molar-refractivity contribution < 1.29 is 14.3 Å². The SMILES string of the molecule is C.C.C1CCOCC1.CC.CC.CC.CC.CC.CC.CC1=Nc2ccccc2C1C.CC1OC(=O)C(C)C(C)C1C.Cc1sc(C)c(C)c1C. The van der Waals surface area contributed by atoms with E-state index in [2.05, 4.69) is 78.6 Å². The van der Waals surface area contributed by atoms with Crippen molar-refractivity contribution >= 4 is 28.7 Å². The van der Waals surface area contributed by atoms with Gasteiger partial charge in [0.25, 0.3) is 0 Å². The molecule has 0 N–H and O–H groups in total. The molecule has 2 fully saturated rings. The number of hydrogen-bond acceptors (Lipinski definition) is 5. The number of aryl methyl sites for hydroxylation is 2. The fourth-order valence-corrected chi connectivity index (χ4v) is 5.63. The van der Waals surface area contributed by atoms with Gasteiger partial charge in [-0.2, -0.15) is 0 Å². The summed E-state index contributed by atoms with van der Waals surface area (Å²) in [6.07, 6.45) is 4.02. The van der Waals surface area contributed by atoms with Gasteiger partial charge < -0.3 is 9.47 Å². The average molecular weight is 740 g/mol. The van der Waals surface area contributed by atoms with Crippen molar-refractivity contribution in [3.63, 3.8) is 0 Å². The summed E-state index contributed by atoms with van der Waals surface area (Å²) in [7, 11) is 0. The van der Waals surface area contributed by atoms with Gasteiger partial charge >= 0.3 is 5.97 Å². The number of nitrogens with zero attached hydrogens (tertiary/aromatic N) is 1. The average Bonchev–Trinajstić information content (AvgIpc) is 3.59. The maximum atomic E-state index is 11.1. The van der Waals surface area contributed by atoms with Crippen LogP contribution in [0.4, 0.5) is 5.69 Å². The van der Waals surface area contributed by atoms with Crippen LogP contribution < -0.4 is 0 Å². The van der Waals surface area contributed by atoms with Crippen LogP contribution in [0.25, 0.3) is 0 Å². The van der Waals surface area contributed by atoms with Crippen LogP contribution in [-0.2, 0) is 14.3 Å². The molecule has 0 bridgehead atoms. The highest BCUT2D eigenvalue weighted by Gasteiger charge is 2.36. The predicted octanol–water partition coefficient (Wildman–Crippen LogP) is 16.3. The number of carbonyl (C=O) groups excluding carboxylic acids is 1. The first-order valence-corrected chi connectivity index (χ1v) is 20.7. The van der Waals surface area contributed by atoms with Gasteiger partial charge in [-0.1, -0.05) is 144 Å². The number of ether oxygens (including phenoxy) is 2. The zero-order valence-electron chi connectivity index (χ0n) is 36.8. The lowest BCUT2D eigenvalue weighted by Crippen LogP contribution is -2.40. The highest BCUT2D eigenvalue weighted by atomic mass is 32.1. The minimum absolute atomic E-state index is 0. The van der Waals surface area contributed by atoms with Crippen LogP contribution in [-0.4, -0.2) is 31.0 Å². The van der Waals surface area contributed by atoms with E-state index in [1.165, 1.54) is 51.4 Å². The van der Waals surface area contributed by atoms with Crippen LogP contribution in [0.2, 0.25) is 0 Å². The fraction of sp³-hybridized carbons (Fsp3) is 0.739. The molecule has 4 nitrogen and oxygen atoms in total. The van der Waals surface area contributed by atoms with Crippen LogP contribution in [0.3, 0.4) is 0 Å². The Balaban J connectivity index is -0.0000000920. The van der Waals surface area contributed by atoms with Crippen molar-refractivity contribution in [2.75, 3.05) is 13.2 Å². The van der Waals surface area contributed by atoms with Crippen molar-refractivity contribution in [2.45, 2.75) is 198 Å². The summed E-state index contributed by atoms with van der Waals surface area (Å²) >= 11 is 1.90. The van der Waals surface area contributed by atoms with E-state index in [1.54, 1.807) is 0 Å². The molecule has 5 atom stereocenters. The Kier molecular flexibility index (Phi) is 53.3. The quantitative estimate of drug-likeness (QED) is 0.253. The first-order valence-electron chi connectivity index (χ1n) is 19.9. The van der Waals surface area contributed by atoms with Gasteiger partial charge in [-0.15, -0.1) is 11.3 Å². The molecule has 2 aromatic rings. The third-order valence-corrected chi connectivity index (χ3v) is 9.59. The molecule has 5 rings (SSSR count). The molecule has 4 heterocycles. The minimum Gasteiger partial charge on any atom is -0.462 e. The number of esters is 1. The predicted molar refractivity (Wildman–Crippen MR) is 240 cm³/mol. The van der Waals surface area contributed by atoms with Crippen LogP contribution in [0, 0.1) is 45.4 Å². The van der Waals surface area contributed by atoms with E-state index >= 15 is 0 Å². The largest absolute Gasteiger partial charge is 0.462 e. The molecule has 2 saturated heterocycles. The van der Waals surface area contributed by atoms with Gasteiger partial charge in [0, 0.05) is 34.6 Å². The molecule has 0 aliphatic carbocycles. The van der Waals surface area contributed by atoms with E-state index in [1.807, 2.05) is 114 Å². The normalized spacial score (nSPS) is 19.7. The third-order valence-electron chi connectivity index (χ3n) is 8.36. The van der Waals surface area contributed by atoms with Gasteiger partial charge in [0.05, 0.1) is 11.6 Å². The van der Waals surface area contributed by atoms with Gasteiger partial charge in [-0.25, -0.2) is 0 Å². The van der Waals surface area contributed by atoms with E-state index in [0.29, 0.717) is 17.8 Å². The third kappa shape index (κ3) is 25.6. The van der Waals surface area contributed by atoms with Crippen molar-refractivity contribution in [3.8, 4) is 0 Å². The smallest absolute Gasteiger partial charge is 0.309 e. The van der Waals surface area contributed by atoms with Crippen LogP contribution in [0.15, 0.2) is 29.3 Å². The zero-order chi connectivity index (χ0) is 39.7. The van der Waals surface area contributed by atoms with Gasteiger partial charge in [0.1, 0.15) is 6.10 Å². The summed E-state index contributed by atoms with van der Waals surface area (Å²) in [5, 5.41) is 0. The van der Waals surface area contributed by atoms with Gasteiger partial charge in [0.2, 0.25) is 0 Å². The topological polar surface area (TPSA) is 47.9 Å². The number of carbonyl (C=O) groups is 1. The Morgan fingerprint density at radius 2 is 1.04 bits per heavy atom. The molecule has 1 aromatic carbocycles. The van der Waals surface area contributed by atoms with Crippen LogP contribution in [0.5, 0.6) is 0 Å². The molecule has 306 valence electrons. The molecule has 3 aliphatic heterocycles. The number of benzene rings is 1. The summed E-state index contributed by atoms with van der Waals surface area (Å²) in [5.74, 6) is 1.49. The monoisotopic (exact) mass is 740 g/mol. The summed E-state index contributed by atoms with van der Waals surface area (Å²) in [5.41, 5.74) is 6.68. The number of fused-ring (bicyclic) bond motifs is 1. The Morgan fingerprint density at radius 1 is 0.627 bits per heavy atom. The molecule has 51 heavy (non-hydrogen) atoms. The van der Waals surface area contributed by atoms with E-state index < -0.39 is 0 Å². The standard InChI is InChI=1S/C10H11N.C9H16O2.C8H12S.C5H10O.6C2H6.2CH4/c1-7-8(2)11-10-6-4-3-5-9(7)10;1-5-6(2)8(4)11-9(10)7(5)3;1-5-6(2)8(4)9-7(5)3;1-2-4-6-5-3-1;6*1-2;;/h3-7H,1-2H3;5-8H,1-4H3;1-4H3;1-5H2;6*1-2H3;2*1H4. The molecule has 5 unspecified atom stereocenters. The van der Waals surface area contributed by atoms with Crippen molar-refractivity contribution in [1.82, 2.24) is 0 Å². The van der Waals surface area contributed by atoms with Gasteiger partial charge in [0.15, 0.2) is 0 Å². The van der Waals surface area contributed by atoms with E-state index in [9.17, 15) is 4.79 Å². The molecule has 0 amide bonds. The summed E-state index contributed by atoms with van der Waals surface area (Å²) in [6.45, 7) is 47.2. The molecule has 3 aliphatic rings. The molecule has 5 heteroatoms. The number of hydrogen-bond donors (Lipinski definition) is 0. The lowest BCUT2D eigenvalue weighted by molar-refractivity contribution is -0.167. The Bertz CT molecular complexity index is 1010. The molecular weight excluding hydrogens is 647 g/mol. The molecule has 1 aromatic heterocycles. The number of cyclic esters (lactones) is 1. The van der Waals surface area contributed by atoms with Crippen molar-refractivity contribution in [1.29, 1.82) is 0 Å². The maximum absolute atomic E-state index is 11.1. The van der Waals surface area contributed by atoms with Crippen molar-refractivity contribution in [3.05, 3.63) is 50.7 Å². The summed E-state index contributed by atoms with van der Waals surface area (Å²) in [6, 6.07) is 8.33. The Morgan fingerprint density at radius 3 is 1.35 bits per heavy atom. The van der Waals surface area contributed by atoms with Crippen LogP contribution >= 0.6 is 11.3 Å². The summed E-state index contributed by atoms with van der Waals surface area (Å²) < 4.78 is 10.2. The van der Waals surface area contributed by atoms with Gasteiger partial charge in [-0.3, -0.25) is 9.79 Å². The fourth-order valence-electron chi connectivity index (χ4n) is 4.56. The van der Waals surface area contributed by atoms with E-state index in [0.717, 1.165) is 18.9 Å². The highest BCUT2D eigenvalue weighted by Crippen LogP contribution is 2.34. The summed E-state index contributed by atoms with van der Waals surface area (Å²) in [4.78, 5) is 18.5. The minimum atomic E-state index is -0.0388. The number of para-hydroxylation sites is 1. The number of thiophene rings is 1. The zero-order valence-corrected chi connectivity index (χ0v) is 37.6. The number of aliphatic imine (C=N–C) groups is 1. The molecule has 0 radical (unpaired) electrons. The second-order valence-electron chi connectivity index (χ2n) is 10.8.